The molecule has 0 aliphatic heterocycles. The van der Waals surface area contributed by atoms with Crippen LogP contribution < -0.4 is 15.5 Å². The van der Waals surface area contributed by atoms with Crippen molar-refractivity contribution < 1.29 is 17.9 Å². The summed E-state index contributed by atoms with van der Waals surface area (Å²) in [5, 5.41) is 6.92. The lowest BCUT2D eigenvalue weighted by molar-refractivity contribution is -0.137. The molecule has 0 fully saturated rings. The Kier molecular flexibility index (Phi) is 5.75. The molecule has 0 unspecified atom stereocenters. The molecule has 0 aliphatic carbocycles. The second-order valence-corrected chi connectivity index (χ2v) is 5.08. The van der Waals surface area contributed by atoms with Crippen LogP contribution in [0.1, 0.15) is 11.1 Å². The molecule has 2 N–H and O–H groups in total. The van der Waals surface area contributed by atoms with Crippen molar-refractivity contribution in [2.75, 3.05) is 12.4 Å². The summed E-state index contributed by atoms with van der Waals surface area (Å²) in [6, 6.07) is 11.9. The topological polar surface area (TPSA) is 45.6 Å². The standard InChI is InChI=1S/C16H14F3N3OS/c1-23-14-7-5-13(6-8-14)21-15(24)22-20-10-11-3-2-4-12(9-11)16(17,18)19/h2-10H,1H3,(H2,21,22,24)/b20-10-. The van der Waals surface area contributed by atoms with E-state index in [4.69, 9.17) is 17.0 Å². The third-order valence-electron chi connectivity index (χ3n) is 2.94. The highest BCUT2D eigenvalue weighted by Gasteiger charge is 2.30. The van der Waals surface area contributed by atoms with E-state index in [9.17, 15) is 13.2 Å². The molecule has 2 rings (SSSR count). The monoisotopic (exact) mass is 353 g/mol. The Balaban J connectivity index is 1.92. The molecular formula is C16H14F3N3OS. The minimum absolute atomic E-state index is 0.211. The third-order valence-corrected chi connectivity index (χ3v) is 3.13. The van der Waals surface area contributed by atoms with Crippen LogP contribution >= 0.6 is 12.2 Å². The predicted molar refractivity (Wildman–Crippen MR) is 91.4 cm³/mol. The van der Waals surface area contributed by atoms with Gasteiger partial charge >= 0.3 is 6.18 Å². The average Bonchev–Trinajstić information content (AvgIpc) is 2.55. The maximum Gasteiger partial charge on any atom is 0.416 e. The molecule has 8 heteroatoms. The first-order chi connectivity index (χ1) is 11.4. The fraction of sp³-hybridized carbons (Fsp3) is 0.125. The van der Waals surface area contributed by atoms with E-state index in [0.29, 0.717) is 11.3 Å². The minimum Gasteiger partial charge on any atom is -0.497 e. The van der Waals surface area contributed by atoms with Gasteiger partial charge in [0.25, 0.3) is 0 Å². The maximum absolute atomic E-state index is 12.6. The molecule has 0 radical (unpaired) electrons. The molecule has 0 aromatic heterocycles. The number of benzene rings is 2. The fourth-order valence-electron chi connectivity index (χ4n) is 1.79. The summed E-state index contributed by atoms with van der Waals surface area (Å²) in [4.78, 5) is 0. The van der Waals surface area contributed by atoms with Crippen molar-refractivity contribution in [1.82, 2.24) is 5.43 Å². The summed E-state index contributed by atoms with van der Waals surface area (Å²) >= 11 is 5.05. The Labute approximate surface area is 142 Å². The quantitative estimate of drug-likeness (QED) is 0.495. The number of nitrogens with zero attached hydrogens (tertiary/aromatic N) is 1. The highest BCUT2D eigenvalue weighted by atomic mass is 32.1. The zero-order chi connectivity index (χ0) is 17.6. The SMILES string of the molecule is COc1ccc(NC(=S)N/N=C\c2cccc(C(F)(F)F)c2)cc1. The van der Waals surface area contributed by atoms with Crippen LogP contribution in [0.15, 0.2) is 53.6 Å². The Hall–Kier alpha value is -2.61. The van der Waals surface area contributed by atoms with E-state index >= 15 is 0 Å². The lowest BCUT2D eigenvalue weighted by atomic mass is 10.1. The molecule has 0 atom stereocenters. The zero-order valence-corrected chi connectivity index (χ0v) is 13.4. The van der Waals surface area contributed by atoms with Gasteiger partial charge in [-0.2, -0.15) is 18.3 Å². The Morgan fingerprint density at radius 1 is 1.17 bits per heavy atom. The van der Waals surface area contributed by atoms with Gasteiger partial charge in [-0.1, -0.05) is 12.1 Å². The molecule has 0 amide bonds. The van der Waals surface area contributed by atoms with Gasteiger partial charge < -0.3 is 10.1 Å². The molecule has 0 saturated heterocycles. The fourth-order valence-corrected chi connectivity index (χ4v) is 1.96. The van der Waals surface area contributed by atoms with Crippen LogP contribution in [0.3, 0.4) is 0 Å². The van der Waals surface area contributed by atoms with E-state index in [1.54, 1.807) is 31.4 Å². The maximum atomic E-state index is 12.6. The number of alkyl halides is 3. The molecule has 0 saturated carbocycles. The molecule has 0 aliphatic rings. The van der Waals surface area contributed by atoms with E-state index in [2.05, 4.69) is 15.8 Å². The molecule has 2 aromatic carbocycles. The first-order valence-electron chi connectivity index (χ1n) is 6.80. The van der Waals surface area contributed by atoms with Crippen molar-refractivity contribution >= 4 is 29.2 Å². The second kappa shape index (κ2) is 7.78. The number of halogens is 3. The van der Waals surface area contributed by atoms with Crippen LogP contribution in [0.2, 0.25) is 0 Å². The average molecular weight is 353 g/mol. The van der Waals surface area contributed by atoms with Gasteiger partial charge in [-0.3, -0.25) is 5.43 Å². The van der Waals surface area contributed by atoms with Gasteiger partial charge in [0.05, 0.1) is 18.9 Å². The summed E-state index contributed by atoms with van der Waals surface area (Å²) in [6.45, 7) is 0. The van der Waals surface area contributed by atoms with Crippen LogP contribution in [-0.4, -0.2) is 18.4 Å². The number of hydrogen-bond donors (Lipinski definition) is 2. The van der Waals surface area contributed by atoms with E-state index in [0.717, 1.165) is 17.8 Å². The Bertz CT molecular complexity index is 730. The zero-order valence-electron chi connectivity index (χ0n) is 12.6. The van der Waals surface area contributed by atoms with E-state index in [-0.39, 0.29) is 5.11 Å². The first-order valence-corrected chi connectivity index (χ1v) is 7.20. The van der Waals surface area contributed by atoms with Crippen LogP contribution in [0.5, 0.6) is 5.75 Å². The van der Waals surface area contributed by atoms with E-state index in [1.165, 1.54) is 18.3 Å². The number of methoxy groups -OCH3 is 1. The summed E-state index contributed by atoms with van der Waals surface area (Å²) in [5.74, 6) is 0.710. The third kappa shape index (κ3) is 5.24. The highest BCUT2D eigenvalue weighted by molar-refractivity contribution is 7.80. The number of rotatable bonds is 4. The molecule has 0 bridgehead atoms. The van der Waals surface area contributed by atoms with Gasteiger partial charge in [-0.25, -0.2) is 0 Å². The Morgan fingerprint density at radius 2 is 1.88 bits per heavy atom. The van der Waals surface area contributed by atoms with Gasteiger partial charge in [-0.15, -0.1) is 0 Å². The van der Waals surface area contributed by atoms with Gasteiger partial charge in [0.15, 0.2) is 5.11 Å². The number of hydrazone groups is 1. The number of thiocarbonyl (C=S) groups is 1. The number of nitrogens with one attached hydrogen (secondary N) is 2. The van der Waals surface area contributed by atoms with Crippen molar-refractivity contribution in [1.29, 1.82) is 0 Å². The molecule has 2 aromatic rings. The van der Waals surface area contributed by atoms with Crippen molar-refractivity contribution in [2.45, 2.75) is 6.18 Å². The summed E-state index contributed by atoms with van der Waals surface area (Å²) in [5.41, 5.74) is 2.85. The van der Waals surface area contributed by atoms with Crippen molar-refractivity contribution in [3.63, 3.8) is 0 Å². The first kappa shape index (κ1) is 17.7. The lowest BCUT2D eigenvalue weighted by Crippen LogP contribution is -2.23. The van der Waals surface area contributed by atoms with Gasteiger partial charge in [0.1, 0.15) is 5.75 Å². The predicted octanol–water partition coefficient (Wildman–Crippen LogP) is 4.03. The van der Waals surface area contributed by atoms with Crippen LogP contribution in [0.4, 0.5) is 18.9 Å². The molecule has 4 nitrogen and oxygen atoms in total. The lowest BCUT2D eigenvalue weighted by Gasteiger charge is -2.08. The number of anilines is 1. The second-order valence-electron chi connectivity index (χ2n) is 4.68. The molecular weight excluding hydrogens is 339 g/mol. The van der Waals surface area contributed by atoms with Crippen molar-refractivity contribution in [3.8, 4) is 5.75 Å². The van der Waals surface area contributed by atoms with E-state index in [1.807, 2.05) is 0 Å². The van der Waals surface area contributed by atoms with Gasteiger partial charge in [-0.05, 0) is 54.2 Å². The molecule has 0 heterocycles. The largest absolute Gasteiger partial charge is 0.497 e. The molecule has 0 spiro atoms. The summed E-state index contributed by atoms with van der Waals surface area (Å²) in [7, 11) is 1.57. The van der Waals surface area contributed by atoms with E-state index < -0.39 is 11.7 Å². The molecule has 126 valence electrons. The van der Waals surface area contributed by atoms with Crippen LogP contribution in [0.25, 0.3) is 0 Å². The number of ether oxygens (including phenoxy) is 1. The van der Waals surface area contributed by atoms with Crippen LogP contribution in [0, 0.1) is 0 Å². The van der Waals surface area contributed by atoms with Crippen LogP contribution in [-0.2, 0) is 6.18 Å². The van der Waals surface area contributed by atoms with Gasteiger partial charge in [0.2, 0.25) is 0 Å². The van der Waals surface area contributed by atoms with Gasteiger partial charge in [0, 0.05) is 5.69 Å². The highest BCUT2D eigenvalue weighted by Crippen LogP contribution is 2.29. The normalized spacial score (nSPS) is 11.3. The summed E-state index contributed by atoms with van der Waals surface area (Å²) < 4.78 is 42.9. The van der Waals surface area contributed by atoms with Crippen molar-refractivity contribution in [3.05, 3.63) is 59.7 Å². The van der Waals surface area contributed by atoms with Crippen molar-refractivity contribution in [2.24, 2.45) is 5.10 Å². The molecule has 24 heavy (non-hydrogen) atoms. The Morgan fingerprint density at radius 3 is 2.50 bits per heavy atom. The smallest absolute Gasteiger partial charge is 0.416 e. The minimum atomic E-state index is -4.39. The number of hydrogen-bond acceptors (Lipinski definition) is 3. The summed E-state index contributed by atoms with van der Waals surface area (Å²) in [6.07, 6.45) is -3.13.